The van der Waals surface area contributed by atoms with Gasteiger partial charge in [0, 0.05) is 23.6 Å². The number of fused-ring (bicyclic) bond motifs is 4. The summed E-state index contributed by atoms with van der Waals surface area (Å²) in [6.45, 7) is 1.67. The van der Waals surface area contributed by atoms with Gasteiger partial charge in [-0.2, -0.15) is 0 Å². The average Bonchev–Trinajstić information content (AvgIpc) is 3.59. The molecule has 0 bridgehead atoms. The number of ether oxygens (including phenoxy) is 3. The van der Waals surface area contributed by atoms with Crippen molar-refractivity contribution in [2.24, 2.45) is 0 Å². The van der Waals surface area contributed by atoms with Gasteiger partial charge < -0.3 is 24.4 Å². The Hall–Kier alpha value is -4.69. The van der Waals surface area contributed by atoms with E-state index in [4.69, 9.17) is 24.3 Å². The zero-order valence-electron chi connectivity index (χ0n) is 21.9. The predicted octanol–water partition coefficient (Wildman–Crippen LogP) is 4.01. The molecule has 1 aliphatic heterocycles. The number of carboxylic acid groups (broad SMARTS) is 1. The van der Waals surface area contributed by atoms with Crippen molar-refractivity contribution in [3.8, 4) is 28.2 Å². The average molecular weight is 579 g/mol. The van der Waals surface area contributed by atoms with Gasteiger partial charge in [0.15, 0.2) is 11.6 Å². The zero-order valence-corrected chi connectivity index (χ0v) is 22.7. The highest BCUT2D eigenvalue weighted by Gasteiger charge is 2.33. The summed E-state index contributed by atoms with van der Waals surface area (Å²) in [5.41, 5.74) is 4.33. The number of halogens is 1. The summed E-state index contributed by atoms with van der Waals surface area (Å²) >= 11 is 1.39. The van der Waals surface area contributed by atoms with Gasteiger partial charge in [-0.25, -0.2) is 34.1 Å². The lowest BCUT2D eigenvalue weighted by Gasteiger charge is -2.22. The van der Waals surface area contributed by atoms with Crippen molar-refractivity contribution >= 4 is 44.4 Å². The molecule has 2 aromatic carbocycles. The molecule has 0 saturated heterocycles. The van der Waals surface area contributed by atoms with Gasteiger partial charge >= 0.3 is 12.1 Å². The number of nitrogens with zero attached hydrogens (tertiary/aromatic N) is 6. The van der Waals surface area contributed by atoms with E-state index >= 15 is 4.39 Å². The molecule has 0 aliphatic carbocycles. The lowest BCUT2D eigenvalue weighted by atomic mass is 10.1. The maximum Gasteiger partial charge on any atom is 0.412 e. The molecule has 0 fully saturated rings. The summed E-state index contributed by atoms with van der Waals surface area (Å²) in [5.74, 6) is -0.0823. The highest BCUT2D eigenvalue weighted by Crippen LogP contribution is 2.43. The van der Waals surface area contributed by atoms with E-state index in [9.17, 15) is 9.90 Å². The Morgan fingerprint density at radius 2 is 1.98 bits per heavy atom. The first-order valence-corrected chi connectivity index (χ1v) is 13.3. The van der Waals surface area contributed by atoms with Crippen LogP contribution in [0.5, 0.6) is 17.6 Å². The van der Waals surface area contributed by atoms with Gasteiger partial charge in [-0.1, -0.05) is 0 Å². The standard InChI is InChI=1S/C27H23FN6O6S/c1-13-5-16(22-19(6-13)32-21(38-2)11-29-22)25-33-20-8-18(28)23-17(24(20)41-25)7-15(40-23)12-34(27(36)37)14-9-30-26(31-10-14)39-4-3-35/h5-6,8-11,15,35H,3-4,7,12H2,1-2H3,(H,36,37). The highest BCUT2D eigenvalue weighted by atomic mass is 32.1. The lowest BCUT2D eigenvalue weighted by molar-refractivity contribution is 0.189. The van der Waals surface area contributed by atoms with Crippen LogP contribution in [0.15, 0.2) is 36.8 Å². The van der Waals surface area contributed by atoms with Crippen molar-refractivity contribution in [2.75, 3.05) is 31.8 Å². The van der Waals surface area contributed by atoms with Crippen molar-refractivity contribution in [3.05, 3.63) is 53.7 Å². The van der Waals surface area contributed by atoms with Crippen molar-refractivity contribution < 1.29 is 33.6 Å². The Morgan fingerprint density at radius 1 is 1.17 bits per heavy atom. The minimum Gasteiger partial charge on any atom is -0.485 e. The van der Waals surface area contributed by atoms with Crippen LogP contribution < -0.4 is 19.1 Å². The number of carbonyl (C=O) groups is 1. The van der Waals surface area contributed by atoms with Crippen LogP contribution in [-0.4, -0.2) is 74.2 Å². The zero-order chi connectivity index (χ0) is 28.7. The Labute approximate surface area is 236 Å². The number of methoxy groups -OCH3 is 1. The smallest absolute Gasteiger partial charge is 0.412 e. The molecule has 1 amide bonds. The third-order valence-corrected chi connectivity index (χ3v) is 7.64. The molecular weight excluding hydrogens is 555 g/mol. The summed E-state index contributed by atoms with van der Waals surface area (Å²) in [6.07, 6.45) is 2.52. The van der Waals surface area contributed by atoms with Gasteiger partial charge in [0.05, 0.1) is 65.8 Å². The molecule has 1 aliphatic rings. The minimum absolute atomic E-state index is 0.00892. The molecule has 1 unspecified atom stereocenters. The fourth-order valence-corrected chi connectivity index (χ4v) is 5.82. The van der Waals surface area contributed by atoms with Crippen LogP contribution in [0.4, 0.5) is 14.9 Å². The highest BCUT2D eigenvalue weighted by molar-refractivity contribution is 7.22. The molecule has 12 nitrogen and oxygen atoms in total. The summed E-state index contributed by atoms with van der Waals surface area (Å²) in [5, 5.41) is 19.4. The summed E-state index contributed by atoms with van der Waals surface area (Å²) in [6, 6.07) is 5.21. The first-order valence-electron chi connectivity index (χ1n) is 12.5. The van der Waals surface area contributed by atoms with E-state index in [1.165, 1.54) is 36.9 Å². The third-order valence-electron chi connectivity index (χ3n) is 6.47. The molecule has 4 heterocycles. The second-order valence-electron chi connectivity index (χ2n) is 9.26. The summed E-state index contributed by atoms with van der Waals surface area (Å²) in [7, 11) is 1.53. The van der Waals surface area contributed by atoms with Gasteiger partial charge in [-0.15, -0.1) is 11.3 Å². The number of aryl methyl sites for hydroxylation is 1. The minimum atomic E-state index is -1.24. The quantitative estimate of drug-likeness (QED) is 0.275. The lowest BCUT2D eigenvalue weighted by Crippen LogP contribution is -2.38. The number of amides is 1. The number of benzene rings is 2. The fourth-order valence-electron chi connectivity index (χ4n) is 4.71. The Kier molecular flexibility index (Phi) is 6.93. The fraction of sp³-hybridized carbons (Fsp3) is 0.259. The third kappa shape index (κ3) is 5.02. The van der Waals surface area contributed by atoms with Crippen LogP contribution in [0.25, 0.3) is 31.8 Å². The largest absolute Gasteiger partial charge is 0.485 e. The molecule has 2 N–H and O–H groups in total. The molecule has 5 aromatic rings. The van der Waals surface area contributed by atoms with Crippen LogP contribution in [-0.2, 0) is 6.42 Å². The van der Waals surface area contributed by atoms with Gasteiger partial charge in [0.25, 0.3) is 0 Å². The van der Waals surface area contributed by atoms with E-state index in [1.54, 1.807) is 6.20 Å². The van der Waals surface area contributed by atoms with Crippen molar-refractivity contribution in [2.45, 2.75) is 19.4 Å². The number of thiazole rings is 1. The molecule has 0 radical (unpaired) electrons. The Balaban J connectivity index is 1.31. The van der Waals surface area contributed by atoms with E-state index in [-0.39, 0.29) is 43.6 Å². The summed E-state index contributed by atoms with van der Waals surface area (Å²) < 4.78 is 32.2. The van der Waals surface area contributed by atoms with Gasteiger partial charge in [-0.3, -0.25) is 4.90 Å². The molecule has 3 aromatic heterocycles. The monoisotopic (exact) mass is 578 g/mol. The van der Waals surface area contributed by atoms with Gasteiger partial charge in [0.2, 0.25) is 5.88 Å². The van der Waals surface area contributed by atoms with Crippen LogP contribution >= 0.6 is 11.3 Å². The molecule has 14 heteroatoms. The molecule has 6 rings (SSSR count). The first-order chi connectivity index (χ1) is 19.8. The van der Waals surface area contributed by atoms with Crippen molar-refractivity contribution in [1.29, 1.82) is 0 Å². The molecule has 210 valence electrons. The Bertz CT molecular complexity index is 1780. The topological polar surface area (TPSA) is 153 Å². The number of rotatable bonds is 8. The van der Waals surface area contributed by atoms with Gasteiger partial charge in [0.1, 0.15) is 17.7 Å². The number of hydrogen-bond acceptors (Lipinski definition) is 11. The van der Waals surface area contributed by atoms with Crippen molar-refractivity contribution in [3.63, 3.8) is 0 Å². The molecule has 0 spiro atoms. The molecule has 41 heavy (non-hydrogen) atoms. The van der Waals surface area contributed by atoms with E-state index in [0.29, 0.717) is 33.0 Å². The molecule has 1 atom stereocenters. The molecule has 0 saturated carbocycles. The molecular formula is C27H23FN6O6S. The maximum absolute atomic E-state index is 15.2. The van der Waals surface area contributed by atoms with E-state index in [0.717, 1.165) is 20.7 Å². The predicted molar refractivity (Wildman–Crippen MR) is 148 cm³/mol. The van der Waals surface area contributed by atoms with E-state index in [2.05, 4.69) is 19.9 Å². The number of aliphatic hydroxyl groups is 1. The van der Waals surface area contributed by atoms with Crippen LogP contribution in [0.1, 0.15) is 11.1 Å². The van der Waals surface area contributed by atoms with E-state index in [1.807, 2.05) is 19.1 Å². The Morgan fingerprint density at radius 3 is 2.71 bits per heavy atom. The summed E-state index contributed by atoms with van der Waals surface area (Å²) in [4.78, 5) is 34.8. The number of anilines is 1. The van der Waals surface area contributed by atoms with Crippen LogP contribution in [0.3, 0.4) is 0 Å². The second-order valence-corrected chi connectivity index (χ2v) is 10.3. The van der Waals surface area contributed by atoms with Crippen LogP contribution in [0.2, 0.25) is 0 Å². The number of aliphatic hydroxyl groups excluding tert-OH is 1. The first kappa shape index (κ1) is 26.5. The maximum atomic E-state index is 15.2. The van der Waals surface area contributed by atoms with Gasteiger partial charge in [-0.05, 0) is 24.6 Å². The van der Waals surface area contributed by atoms with Crippen molar-refractivity contribution in [1.82, 2.24) is 24.9 Å². The number of aromatic nitrogens is 5. The number of hydrogen-bond donors (Lipinski definition) is 2. The normalized spacial score (nSPS) is 14.2. The second kappa shape index (κ2) is 10.7. The van der Waals surface area contributed by atoms with Crippen LogP contribution in [0, 0.1) is 12.7 Å². The SMILES string of the molecule is COc1cnc2c(-c3nc4cc(F)c5c(c4s3)CC(CN(C(=O)O)c3cnc(OCCO)nc3)O5)cc(C)cc2n1. The van der Waals surface area contributed by atoms with E-state index < -0.39 is 18.0 Å².